The molecule has 39 heavy (non-hydrogen) atoms. The number of esters is 1. The van der Waals surface area contributed by atoms with Crippen molar-refractivity contribution in [3.8, 4) is 5.75 Å². The summed E-state index contributed by atoms with van der Waals surface area (Å²) in [6.45, 7) is 4.17. The molecule has 0 spiro atoms. The van der Waals surface area contributed by atoms with Crippen molar-refractivity contribution in [3.05, 3.63) is 113 Å². The minimum absolute atomic E-state index is 0.222. The summed E-state index contributed by atoms with van der Waals surface area (Å²) in [6.07, 6.45) is 1.84. The van der Waals surface area contributed by atoms with Crippen LogP contribution in [0.1, 0.15) is 35.9 Å². The summed E-state index contributed by atoms with van der Waals surface area (Å²) in [5, 5.41) is 1.93. The lowest BCUT2D eigenvalue weighted by atomic mass is 10.0. The number of thiophene rings is 1. The Hall–Kier alpha value is -2.06. The monoisotopic (exact) mass is 798 g/mol. The molecule has 1 aliphatic heterocycles. The molecule has 0 aliphatic carbocycles. The van der Waals surface area contributed by atoms with E-state index in [0.717, 1.165) is 28.5 Å². The molecule has 0 amide bonds. The van der Waals surface area contributed by atoms with Crippen LogP contribution in [0.5, 0.6) is 5.75 Å². The lowest BCUT2D eigenvalue weighted by Crippen LogP contribution is -2.39. The molecule has 2 aromatic heterocycles. The molecule has 0 bridgehead atoms. The standard InChI is InChI=1S/C28H21Br2IN2O4S2/c1-3-36-27(35)23-15(2)32-28-33(24(23)21-5-4-10-38-21)26(34)22(39-28)12-17-11-19(30)13-20(31)25(17)37-14-16-6-8-18(29)9-7-16/h4-13,24H,3,14H2,1-2H3/b22-12-/t24-/m0/s1. The van der Waals surface area contributed by atoms with Gasteiger partial charge < -0.3 is 9.47 Å². The predicted octanol–water partition coefficient (Wildman–Crippen LogP) is 6.57. The third-order valence-corrected chi connectivity index (χ3v) is 9.65. The van der Waals surface area contributed by atoms with Gasteiger partial charge in [-0.3, -0.25) is 9.36 Å². The van der Waals surface area contributed by atoms with Crippen molar-refractivity contribution in [3.63, 3.8) is 0 Å². The normalized spacial score (nSPS) is 15.2. The number of rotatable bonds is 7. The number of carbonyl (C=O) groups excluding carboxylic acids is 1. The van der Waals surface area contributed by atoms with Crippen LogP contribution >= 0.6 is 77.1 Å². The molecule has 1 atom stereocenters. The molecule has 0 unspecified atom stereocenters. The average Bonchev–Trinajstić information content (AvgIpc) is 3.52. The number of hydrogen-bond donors (Lipinski definition) is 0. The van der Waals surface area contributed by atoms with Crippen LogP contribution in [0.4, 0.5) is 0 Å². The van der Waals surface area contributed by atoms with E-state index in [9.17, 15) is 9.59 Å². The van der Waals surface area contributed by atoms with Crippen LogP contribution in [0.25, 0.3) is 6.08 Å². The Morgan fingerprint density at radius 1 is 1.18 bits per heavy atom. The maximum atomic E-state index is 13.9. The predicted molar refractivity (Wildman–Crippen MR) is 170 cm³/mol. The van der Waals surface area contributed by atoms with E-state index in [1.54, 1.807) is 18.4 Å². The highest BCUT2D eigenvalue weighted by molar-refractivity contribution is 14.1. The van der Waals surface area contributed by atoms with Crippen LogP contribution in [0.15, 0.2) is 83.9 Å². The molecule has 1 aliphatic rings. The van der Waals surface area contributed by atoms with Gasteiger partial charge in [-0.1, -0.05) is 61.4 Å². The third-order valence-electron chi connectivity index (χ3n) is 5.95. The van der Waals surface area contributed by atoms with E-state index < -0.39 is 12.0 Å². The van der Waals surface area contributed by atoms with Gasteiger partial charge >= 0.3 is 5.97 Å². The number of allylic oxidation sites excluding steroid dienone is 1. The SMILES string of the molecule is CCOC(=O)C1=C(C)N=c2s/c(=C\c3cc(Br)cc(I)c3OCc3ccc(Br)cc3)c(=O)n2[C@H]1c1cccs1. The highest BCUT2D eigenvalue weighted by Gasteiger charge is 2.34. The lowest BCUT2D eigenvalue weighted by Gasteiger charge is -2.23. The number of hydrogen-bond acceptors (Lipinski definition) is 7. The van der Waals surface area contributed by atoms with E-state index in [4.69, 9.17) is 9.47 Å². The molecule has 0 N–H and O–H groups in total. The van der Waals surface area contributed by atoms with Crippen molar-refractivity contribution in [1.82, 2.24) is 4.57 Å². The highest BCUT2D eigenvalue weighted by atomic mass is 127. The van der Waals surface area contributed by atoms with Crippen LogP contribution in [-0.2, 0) is 16.1 Å². The fraction of sp³-hybridized carbons (Fsp3) is 0.179. The Balaban J connectivity index is 1.62. The summed E-state index contributed by atoms with van der Waals surface area (Å²) >= 11 is 12.1. The number of carbonyl (C=O) groups is 1. The number of aromatic nitrogens is 1. The van der Waals surface area contributed by atoms with Crippen molar-refractivity contribution in [2.75, 3.05) is 6.61 Å². The average molecular weight is 800 g/mol. The number of thiazole rings is 1. The van der Waals surface area contributed by atoms with Gasteiger partial charge in [0.05, 0.1) is 26.0 Å². The molecule has 0 fully saturated rings. The molecule has 4 aromatic rings. The van der Waals surface area contributed by atoms with Crippen molar-refractivity contribution in [2.45, 2.75) is 26.5 Å². The van der Waals surface area contributed by atoms with E-state index in [1.807, 2.05) is 60.0 Å². The molecule has 11 heteroatoms. The summed E-state index contributed by atoms with van der Waals surface area (Å²) in [4.78, 5) is 32.9. The zero-order valence-electron chi connectivity index (χ0n) is 20.7. The molecular formula is C28H21Br2IN2O4S2. The van der Waals surface area contributed by atoms with E-state index in [2.05, 4.69) is 59.4 Å². The van der Waals surface area contributed by atoms with Gasteiger partial charge in [0.25, 0.3) is 5.56 Å². The van der Waals surface area contributed by atoms with E-state index in [-0.39, 0.29) is 12.2 Å². The Bertz CT molecular complexity index is 1760. The molecule has 3 heterocycles. The Labute approximate surface area is 263 Å². The van der Waals surface area contributed by atoms with Gasteiger partial charge in [-0.05, 0) is 83.8 Å². The first-order valence-corrected chi connectivity index (χ1v) is 16.2. The largest absolute Gasteiger partial charge is 0.487 e. The second kappa shape index (κ2) is 12.2. The van der Waals surface area contributed by atoms with Gasteiger partial charge in [0.1, 0.15) is 18.4 Å². The van der Waals surface area contributed by atoms with Crippen LogP contribution in [-0.4, -0.2) is 17.1 Å². The quantitative estimate of drug-likeness (QED) is 0.157. The van der Waals surface area contributed by atoms with Crippen molar-refractivity contribution >= 4 is 89.2 Å². The minimum atomic E-state index is -0.599. The molecule has 2 aromatic carbocycles. The lowest BCUT2D eigenvalue weighted by molar-refractivity contribution is -0.139. The summed E-state index contributed by atoms with van der Waals surface area (Å²) in [7, 11) is 0. The molecule has 5 rings (SSSR count). The van der Waals surface area contributed by atoms with Gasteiger partial charge in [-0.25, -0.2) is 9.79 Å². The van der Waals surface area contributed by atoms with Gasteiger partial charge in [-0.2, -0.15) is 0 Å². The van der Waals surface area contributed by atoms with Gasteiger partial charge in [0.2, 0.25) is 0 Å². The third kappa shape index (κ3) is 6.02. The number of benzene rings is 2. The van der Waals surface area contributed by atoms with Gasteiger partial charge in [0, 0.05) is 19.4 Å². The maximum Gasteiger partial charge on any atom is 0.338 e. The second-order valence-corrected chi connectivity index (χ2v) is 13.5. The molecular weight excluding hydrogens is 779 g/mol. The topological polar surface area (TPSA) is 69.9 Å². The van der Waals surface area contributed by atoms with E-state index in [0.29, 0.717) is 33.0 Å². The maximum absolute atomic E-state index is 13.9. The number of fused-ring (bicyclic) bond motifs is 1. The van der Waals surface area contributed by atoms with E-state index in [1.165, 1.54) is 22.7 Å². The minimum Gasteiger partial charge on any atom is -0.487 e. The Morgan fingerprint density at radius 3 is 2.64 bits per heavy atom. The summed E-state index contributed by atoms with van der Waals surface area (Å²) < 4.78 is 16.5. The molecule has 6 nitrogen and oxygen atoms in total. The van der Waals surface area contributed by atoms with Crippen molar-refractivity contribution in [2.24, 2.45) is 4.99 Å². The van der Waals surface area contributed by atoms with Crippen LogP contribution in [0.3, 0.4) is 0 Å². The van der Waals surface area contributed by atoms with Gasteiger partial charge in [-0.15, -0.1) is 11.3 Å². The molecule has 200 valence electrons. The Morgan fingerprint density at radius 2 is 1.95 bits per heavy atom. The molecule has 0 radical (unpaired) electrons. The Kier molecular flexibility index (Phi) is 8.91. The highest BCUT2D eigenvalue weighted by Crippen LogP contribution is 2.34. The molecule has 0 saturated carbocycles. The second-order valence-electron chi connectivity index (χ2n) is 8.54. The van der Waals surface area contributed by atoms with E-state index >= 15 is 0 Å². The fourth-order valence-electron chi connectivity index (χ4n) is 4.22. The van der Waals surface area contributed by atoms with Crippen molar-refractivity contribution < 1.29 is 14.3 Å². The first-order chi connectivity index (χ1) is 18.8. The summed E-state index contributed by atoms with van der Waals surface area (Å²) in [5.74, 6) is 0.224. The number of nitrogens with zero attached hydrogens (tertiary/aromatic N) is 2. The fourth-order valence-corrected chi connectivity index (χ4v) is 8.06. The number of halogens is 3. The van der Waals surface area contributed by atoms with Crippen LogP contribution in [0.2, 0.25) is 0 Å². The smallest absolute Gasteiger partial charge is 0.338 e. The van der Waals surface area contributed by atoms with Crippen molar-refractivity contribution in [1.29, 1.82) is 0 Å². The zero-order valence-corrected chi connectivity index (χ0v) is 27.7. The zero-order chi connectivity index (χ0) is 27.7. The summed E-state index contributed by atoms with van der Waals surface area (Å²) in [5.41, 5.74) is 2.51. The van der Waals surface area contributed by atoms with Crippen LogP contribution in [0, 0.1) is 3.57 Å². The first-order valence-electron chi connectivity index (χ1n) is 11.9. The summed E-state index contributed by atoms with van der Waals surface area (Å²) in [6, 6.07) is 15.1. The first kappa shape index (κ1) is 28.5. The van der Waals surface area contributed by atoms with Crippen LogP contribution < -0.4 is 19.6 Å². The molecule has 0 saturated heterocycles. The van der Waals surface area contributed by atoms with Gasteiger partial charge in [0.15, 0.2) is 4.80 Å². The number of ether oxygens (including phenoxy) is 2.